The predicted octanol–water partition coefficient (Wildman–Crippen LogP) is 1.18. The van der Waals surface area contributed by atoms with E-state index in [1.165, 1.54) is 5.69 Å². The number of nitrogens with one attached hydrogen (secondary N) is 1. The second-order valence-corrected chi connectivity index (χ2v) is 7.55. The van der Waals surface area contributed by atoms with E-state index in [1.54, 1.807) is 0 Å². The first-order chi connectivity index (χ1) is 11.8. The van der Waals surface area contributed by atoms with Gasteiger partial charge in [0.25, 0.3) is 0 Å². The van der Waals surface area contributed by atoms with Crippen LogP contribution in [0.1, 0.15) is 20.3 Å². The number of piperazine rings is 1. The molecule has 1 heterocycles. The first kappa shape index (κ1) is 19.2. The molecule has 0 bridgehead atoms. The third-order valence-corrected chi connectivity index (χ3v) is 4.28. The third kappa shape index (κ3) is 6.05. The van der Waals surface area contributed by atoms with Crippen molar-refractivity contribution in [3.05, 3.63) is 30.3 Å². The predicted molar refractivity (Wildman–Crippen MR) is 101 cm³/mol. The monoisotopic (exact) mass is 346 g/mol. The molecule has 1 saturated heterocycles. The Labute approximate surface area is 150 Å². The Kier molecular flexibility index (Phi) is 6.42. The summed E-state index contributed by atoms with van der Waals surface area (Å²) in [6, 6.07) is 10.3. The number of carbonyl (C=O) groups excluding carboxylic acids is 2. The summed E-state index contributed by atoms with van der Waals surface area (Å²) in [5, 5.41) is 2.95. The number of amides is 2. The first-order valence-corrected chi connectivity index (χ1v) is 8.80. The number of rotatable bonds is 6. The normalized spacial score (nSPS) is 15.4. The van der Waals surface area contributed by atoms with Gasteiger partial charge in [0.15, 0.2) is 0 Å². The van der Waals surface area contributed by atoms with E-state index in [-0.39, 0.29) is 11.8 Å². The fourth-order valence-corrected chi connectivity index (χ4v) is 3.09. The van der Waals surface area contributed by atoms with Crippen LogP contribution in [0.4, 0.5) is 5.69 Å². The van der Waals surface area contributed by atoms with E-state index >= 15 is 0 Å². The Morgan fingerprint density at radius 3 is 2.24 bits per heavy atom. The second-order valence-electron chi connectivity index (χ2n) is 7.55. The summed E-state index contributed by atoms with van der Waals surface area (Å²) in [6.07, 6.45) is 0.317. The Morgan fingerprint density at radius 2 is 1.68 bits per heavy atom. The van der Waals surface area contributed by atoms with Gasteiger partial charge in [-0.2, -0.15) is 0 Å². The zero-order valence-electron chi connectivity index (χ0n) is 15.8. The molecule has 0 aliphatic carbocycles. The van der Waals surface area contributed by atoms with Crippen molar-refractivity contribution in [3.63, 3.8) is 0 Å². The standard InChI is InChI=1S/C19H30N4O2/c1-19(2,20-17(24)15-21(3)4)14-18(25)23-12-10-22(11-13-23)16-8-6-5-7-9-16/h5-9H,10-15H2,1-4H3,(H,20,24). The highest BCUT2D eigenvalue weighted by Gasteiger charge is 2.28. The Balaban J connectivity index is 1.82. The van der Waals surface area contributed by atoms with Crippen LogP contribution in [0.5, 0.6) is 0 Å². The molecule has 1 N–H and O–H groups in total. The molecule has 1 aliphatic heterocycles. The number of hydrogen-bond donors (Lipinski definition) is 1. The third-order valence-electron chi connectivity index (χ3n) is 4.28. The Morgan fingerprint density at radius 1 is 1.08 bits per heavy atom. The fraction of sp³-hybridized carbons (Fsp3) is 0.579. The molecule has 25 heavy (non-hydrogen) atoms. The zero-order valence-corrected chi connectivity index (χ0v) is 15.8. The average molecular weight is 346 g/mol. The van der Waals surface area contributed by atoms with Gasteiger partial charge in [0.2, 0.25) is 11.8 Å². The summed E-state index contributed by atoms with van der Waals surface area (Å²) in [5.41, 5.74) is 0.659. The quantitative estimate of drug-likeness (QED) is 0.840. The molecular formula is C19H30N4O2. The maximum absolute atomic E-state index is 12.6. The van der Waals surface area contributed by atoms with Crippen molar-refractivity contribution in [2.45, 2.75) is 25.8 Å². The van der Waals surface area contributed by atoms with E-state index in [9.17, 15) is 9.59 Å². The summed E-state index contributed by atoms with van der Waals surface area (Å²) in [4.78, 5) is 30.6. The number of anilines is 1. The van der Waals surface area contributed by atoms with Crippen LogP contribution in [0.15, 0.2) is 30.3 Å². The van der Waals surface area contributed by atoms with Crippen molar-refractivity contribution >= 4 is 17.5 Å². The highest BCUT2D eigenvalue weighted by molar-refractivity contribution is 5.81. The van der Waals surface area contributed by atoms with Crippen LogP contribution in [0.2, 0.25) is 0 Å². The molecule has 0 unspecified atom stereocenters. The molecule has 0 saturated carbocycles. The van der Waals surface area contributed by atoms with Gasteiger partial charge >= 0.3 is 0 Å². The van der Waals surface area contributed by atoms with Gasteiger partial charge in [0.05, 0.1) is 6.54 Å². The van der Waals surface area contributed by atoms with E-state index in [1.807, 2.05) is 55.9 Å². The second kappa shape index (κ2) is 8.34. The largest absolute Gasteiger partial charge is 0.368 e. The van der Waals surface area contributed by atoms with Crippen LogP contribution in [0.25, 0.3) is 0 Å². The van der Waals surface area contributed by atoms with Crippen molar-refractivity contribution in [1.29, 1.82) is 0 Å². The smallest absolute Gasteiger partial charge is 0.234 e. The summed E-state index contributed by atoms with van der Waals surface area (Å²) < 4.78 is 0. The summed E-state index contributed by atoms with van der Waals surface area (Å²) >= 11 is 0. The average Bonchev–Trinajstić information content (AvgIpc) is 2.54. The van der Waals surface area contributed by atoms with Crippen LogP contribution in [-0.2, 0) is 9.59 Å². The van der Waals surface area contributed by atoms with E-state index in [0.29, 0.717) is 13.0 Å². The fourth-order valence-electron chi connectivity index (χ4n) is 3.09. The Bertz CT molecular complexity index is 578. The summed E-state index contributed by atoms with van der Waals surface area (Å²) in [7, 11) is 3.70. The van der Waals surface area contributed by atoms with Crippen LogP contribution in [0.3, 0.4) is 0 Å². The lowest BCUT2D eigenvalue weighted by molar-refractivity contribution is -0.133. The molecule has 0 aromatic heterocycles. The summed E-state index contributed by atoms with van der Waals surface area (Å²) in [5.74, 6) is 0.0413. The minimum absolute atomic E-state index is 0.0586. The van der Waals surface area contributed by atoms with Crippen molar-refractivity contribution in [3.8, 4) is 0 Å². The van der Waals surface area contributed by atoms with Crippen molar-refractivity contribution in [2.75, 3.05) is 51.7 Å². The molecule has 0 spiro atoms. The molecule has 2 rings (SSSR count). The SMILES string of the molecule is CN(C)CC(=O)NC(C)(C)CC(=O)N1CCN(c2ccccc2)CC1. The molecule has 1 aliphatic rings. The van der Waals surface area contributed by atoms with Crippen LogP contribution in [-0.4, -0.2) is 74.0 Å². The van der Waals surface area contributed by atoms with Gasteiger partial charge in [0.1, 0.15) is 0 Å². The van der Waals surface area contributed by atoms with Crippen molar-refractivity contribution < 1.29 is 9.59 Å². The highest BCUT2D eigenvalue weighted by atomic mass is 16.2. The number of likely N-dealkylation sites (N-methyl/N-ethyl adjacent to an activating group) is 1. The molecule has 1 aromatic rings. The number of nitrogens with zero attached hydrogens (tertiary/aromatic N) is 3. The molecule has 138 valence electrons. The summed E-state index contributed by atoms with van der Waals surface area (Å²) in [6.45, 7) is 7.24. The molecule has 1 aromatic carbocycles. The number of benzene rings is 1. The molecule has 1 fully saturated rings. The number of hydrogen-bond acceptors (Lipinski definition) is 4. The molecule has 0 atom stereocenters. The highest BCUT2D eigenvalue weighted by Crippen LogP contribution is 2.17. The van der Waals surface area contributed by atoms with Gasteiger partial charge in [-0.25, -0.2) is 0 Å². The lowest BCUT2D eigenvalue weighted by Gasteiger charge is -2.37. The zero-order chi connectivity index (χ0) is 18.4. The number of para-hydroxylation sites is 1. The van der Waals surface area contributed by atoms with Gasteiger partial charge in [-0.3, -0.25) is 9.59 Å². The van der Waals surface area contributed by atoms with E-state index in [4.69, 9.17) is 0 Å². The van der Waals surface area contributed by atoms with Gasteiger partial charge < -0.3 is 20.0 Å². The Hall–Kier alpha value is -2.08. The van der Waals surface area contributed by atoms with Crippen LogP contribution >= 0.6 is 0 Å². The van der Waals surface area contributed by atoms with Crippen molar-refractivity contribution in [2.24, 2.45) is 0 Å². The van der Waals surface area contributed by atoms with Gasteiger partial charge in [-0.05, 0) is 40.1 Å². The molecule has 0 radical (unpaired) electrons. The first-order valence-electron chi connectivity index (χ1n) is 8.80. The molecular weight excluding hydrogens is 316 g/mol. The lowest BCUT2D eigenvalue weighted by atomic mass is 9.99. The minimum Gasteiger partial charge on any atom is -0.368 e. The van der Waals surface area contributed by atoms with Crippen LogP contribution in [0, 0.1) is 0 Å². The van der Waals surface area contributed by atoms with Crippen LogP contribution < -0.4 is 10.2 Å². The van der Waals surface area contributed by atoms with E-state index in [0.717, 1.165) is 26.2 Å². The maximum Gasteiger partial charge on any atom is 0.234 e. The van der Waals surface area contributed by atoms with Crippen molar-refractivity contribution in [1.82, 2.24) is 15.1 Å². The molecule has 6 nitrogen and oxygen atoms in total. The van der Waals surface area contributed by atoms with Gasteiger partial charge in [-0.15, -0.1) is 0 Å². The van der Waals surface area contributed by atoms with Gasteiger partial charge in [0, 0.05) is 43.8 Å². The maximum atomic E-state index is 12.6. The molecule has 2 amide bonds. The number of carbonyl (C=O) groups is 2. The van der Waals surface area contributed by atoms with Gasteiger partial charge in [-0.1, -0.05) is 18.2 Å². The lowest BCUT2D eigenvalue weighted by Crippen LogP contribution is -2.53. The topological polar surface area (TPSA) is 55.9 Å². The minimum atomic E-state index is -0.541. The van der Waals surface area contributed by atoms with E-state index in [2.05, 4.69) is 22.3 Å². The van der Waals surface area contributed by atoms with E-state index < -0.39 is 5.54 Å². The molecule has 6 heteroatoms.